The van der Waals surface area contributed by atoms with Crippen molar-refractivity contribution in [3.8, 4) is 11.6 Å². The first-order valence-electron chi connectivity index (χ1n) is 5.74. The first kappa shape index (κ1) is 14.2. The molecule has 7 nitrogen and oxygen atoms in total. The SMILES string of the molecule is CCc1nc(N)cc(Oc2cc(Br)cc([N+](=O)[O-])c2)n1. The molecule has 20 heavy (non-hydrogen) atoms. The van der Waals surface area contributed by atoms with Gasteiger partial charge in [-0.3, -0.25) is 10.1 Å². The van der Waals surface area contributed by atoms with Gasteiger partial charge in [0.1, 0.15) is 17.4 Å². The lowest BCUT2D eigenvalue weighted by Crippen LogP contribution is -2.00. The molecular weight excluding hydrogens is 328 g/mol. The Morgan fingerprint density at radius 2 is 2.10 bits per heavy atom. The molecule has 0 amide bonds. The van der Waals surface area contributed by atoms with Crippen molar-refractivity contribution in [2.75, 3.05) is 5.73 Å². The molecule has 2 rings (SSSR count). The standard InChI is InChI=1S/C12H11BrN4O3/c1-2-11-15-10(14)6-12(16-11)20-9-4-7(13)3-8(5-9)17(18)19/h3-6H,2H2,1H3,(H2,14,15,16). The number of nitro groups is 1. The van der Waals surface area contributed by atoms with Gasteiger partial charge in [0.25, 0.3) is 5.69 Å². The van der Waals surface area contributed by atoms with E-state index in [0.717, 1.165) is 0 Å². The van der Waals surface area contributed by atoms with Crippen molar-refractivity contribution in [1.82, 2.24) is 9.97 Å². The van der Waals surface area contributed by atoms with Crippen molar-refractivity contribution >= 4 is 27.4 Å². The van der Waals surface area contributed by atoms with Gasteiger partial charge in [-0.1, -0.05) is 22.9 Å². The lowest BCUT2D eigenvalue weighted by Gasteiger charge is -2.07. The molecule has 2 aromatic rings. The number of nitrogens with zero attached hydrogens (tertiary/aromatic N) is 3. The summed E-state index contributed by atoms with van der Waals surface area (Å²) in [5.41, 5.74) is 5.57. The molecule has 0 bridgehead atoms. The molecule has 0 fully saturated rings. The number of hydrogen-bond donors (Lipinski definition) is 1. The summed E-state index contributed by atoms with van der Waals surface area (Å²) < 4.78 is 6.05. The highest BCUT2D eigenvalue weighted by molar-refractivity contribution is 9.10. The average molecular weight is 339 g/mol. The zero-order valence-corrected chi connectivity index (χ0v) is 12.1. The monoisotopic (exact) mass is 338 g/mol. The number of halogens is 1. The number of hydrogen-bond acceptors (Lipinski definition) is 6. The predicted octanol–water partition coefficient (Wildman–Crippen LogP) is 3.08. The number of aromatic nitrogens is 2. The fraction of sp³-hybridized carbons (Fsp3) is 0.167. The normalized spacial score (nSPS) is 10.3. The summed E-state index contributed by atoms with van der Waals surface area (Å²) in [7, 11) is 0. The van der Waals surface area contributed by atoms with Crippen molar-refractivity contribution in [3.63, 3.8) is 0 Å². The zero-order valence-electron chi connectivity index (χ0n) is 10.5. The van der Waals surface area contributed by atoms with Crippen LogP contribution in [0.2, 0.25) is 0 Å². The average Bonchev–Trinajstić information content (AvgIpc) is 2.37. The number of benzene rings is 1. The maximum absolute atomic E-state index is 10.8. The summed E-state index contributed by atoms with van der Waals surface area (Å²) in [6, 6.07) is 5.77. The van der Waals surface area contributed by atoms with Gasteiger partial charge in [-0.25, -0.2) is 4.98 Å². The Labute approximate surface area is 123 Å². The Balaban J connectivity index is 2.34. The molecule has 0 unspecified atom stereocenters. The van der Waals surface area contributed by atoms with Crippen molar-refractivity contribution in [1.29, 1.82) is 0 Å². The second-order valence-corrected chi connectivity index (χ2v) is 4.82. The Hall–Kier alpha value is -2.22. The third-order valence-electron chi connectivity index (χ3n) is 2.37. The van der Waals surface area contributed by atoms with Gasteiger partial charge in [0.05, 0.1) is 11.0 Å². The minimum atomic E-state index is -0.497. The number of non-ortho nitro benzene ring substituents is 1. The van der Waals surface area contributed by atoms with Gasteiger partial charge >= 0.3 is 0 Å². The third-order valence-corrected chi connectivity index (χ3v) is 2.83. The van der Waals surface area contributed by atoms with E-state index in [1.165, 1.54) is 18.2 Å². The maximum Gasteiger partial charge on any atom is 0.274 e. The highest BCUT2D eigenvalue weighted by Crippen LogP contribution is 2.29. The van der Waals surface area contributed by atoms with Crippen LogP contribution in [-0.4, -0.2) is 14.9 Å². The van der Waals surface area contributed by atoms with Gasteiger partial charge in [-0.15, -0.1) is 0 Å². The number of nitrogen functional groups attached to an aromatic ring is 1. The highest BCUT2D eigenvalue weighted by Gasteiger charge is 2.11. The molecule has 0 saturated heterocycles. The van der Waals surface area contributed by atoms with Crippen molar-refractivity contribution in [3.05, 3.63) is 44.7 Å². The molecule has 104 valence electrons. The molecule has 1 aromatic heterocycles. The molecule has 8 heteroatoms. The highest BCUT2D eigenvalue weighted by atomic mass is 79.9. The van der Waals surface area contributed by atoms with Crippen LogP contribution in [-0.2, 0) is 6.42 Å². The lowest BCUT2D eigenvalue weighted by molar-refractivity contribution is -0.385. The van der Waals surface area contributed by atoms with Gasteiger partial charge < -0.3 is 10.5 Å². The number of nitrogens with two attached hydrogens (primary N) is 1. The Bertz CT molecular complexity index is 663. The molecule has 0 saturated carbocycles. The summed E-state index contributed by atoms with van der Waals surface area (Å²) in [6.07, 6.45) is 0.611. The summed E-state index contributed by atoms with van der Waals surface area (Å²) in [4.78, 5) is 18.5. The molecule has 0 spiro atoms. The van der Waals surface area contributed by atoms with Gasteiger partial charge in [0.15, 0.2) is 0 Å². The van der Waals surface area contributed by atoms with E-state index in [9.17, 15) is 10.1 Å². The molecule has 2 N–H and O–H groups in total. The molecule has 0 radical (unpaired) electrons. The van der Waals surface area contributed by atoms with Crippen LogP contribution in [0.5, 0.6) is 11.6 Å². The van der Waals surface area contributed by atoms with Crippen LogP contribution >= 0.6 is 15.9 Å². The third kappa shape index (κ3) is 3.41. The molecule has 0 aliphatic carbocycles. The largest absolute Gasteiger partial charge is 0.439 e. The fourth-order valence-electron chi connectivity index (χ4n) is 1.54. The van der Waals surface area contributed by atoms with E-state index < -0.39 is 4.92 Å². The lowest BCUT2D eigenvalue weighted by atomic mass is 10.3. The maximum atomic E-state index is 10.8. The van der Waals surface area contributed by atoms with E-state index in [1.54, 1.807) is 6.07 Å². The molecule has 1 aromatic carbocycles. The van der Waals surface area contributed by atoms with Crippen molar-refractivity contribution in [2.24, 2.45) is 0 Å². The second kappa shape index (κ2) is 5.83. The van der Waals surface area contributed by atoms with Crippen LogP contribution in [0.1, 0.15) is 12.7 Å². The topological polar surface area (TPSA) is 104 Å². The van der Waals surface area contributed by atoms with Gasteiger partial charge in [0.2, 0.25) is 5.88 Å². The summed E-state index contributed by atoms with van der Waals surface area (Å²) in [6.45, 7) is 1.89. The fourth-order valence-corrected chi connectivity index (χ4v) is 2.00. The van der Waals surface area contributed by atoms with Crippen molar-refractivity contribution < 1.29 is 9.66 Å². The molecule has 0 aliphatic heterocycles. The van der Waals surface area contributed by atoms with Crippen LogP contribution in [0, 0.1) is 10.1 Å². The van der Waals surface area contributed by atoms with E-state index in [0.29, 0.717) is 22.5 Å². The van der Waals surface area contributed by atoms with Crippen LogP contribution in [0.25, 0.3) is 0 Å². The molecular formula is C12H11BrN4O3. The van der Waals surface area contributed by atoms with Crippen LogP contribution < -0.4 is 10.5 Å². The van der Waals surface area contributed by atoms with Crippen LogP contribution in [0.3, 0.4) is 0 Å². The van der Waals surface area contributed by atoms with E-state index in [4.69, 9.17) is 10.5 Å². The Kier molecular flexibility index (Phi) is 4.14. The summed E-state index contributed by atoms with van der Waals surface area (Å²) in [5, 5.41) is 10.8. The Morgan fingerprint density at radius 3 is 2.75 bits per heavy atom. The first-order chi connectivity index (χ1) is 9.47. The van der Waals surface area contributed by atoms with Gasteiger partial charge in [-0.2, -0.15) is 4.98 Å². The molecule has 0 aliphatic rings. The smallest absolute Gasteiger partial charge is 0.274 e. The predicted molar refractivity (Wildman–Crippen MR) is 76.7 cm³/mol. The van der Waals surface area contributed by atoms with Gasteiger partial charge in [0, 0.05) is 23.0 Å². The quantitative estimate of drug-likeness (QED) is 0.678. The minimum absolute atomic E-state index is 0.0767. The van der Waals surface area contributed by atoms with E-state index in [-0.39, 0.29) is 17.4 Å². The minimum Gasteiger partial charge on any atom is -0.439 e. The van der Waals surface area contributed by atoms with E-state index in [1.807, 2.05) is 6.92 Å². The van der Waals surface area contributed by atoms with E-state index in [2.05, 4.69) is 25.9 Å². The van der Waals surface area contributed by atoms with Gasteiger partial charge in [-0.05, 0) is 6.07 Å². The van der Waals surface area contributed by atoms with Crippen LogP contribution in [0.15, 0.2) is 28.7 Å². The van der Waals surface area contributed by atoms with Crippen LogP contribution in [0.4, 0.5) is 11.5 Å². The number of aryl methyl sites for hydroxylation is 1. The molecule has 1 heterocycles. The number of nitro benzene ring substituents is 1. The summed E-state index contributed by atoms with van der Waals surface area (Å²) in [5.74, 6) is 1.38. The number of rotatable bonds is 4. The van der Waals surface area contributed by atoms with Crippen molar-refractivity contribution in [2.45, 2.75) is 13.3 Å². The number of ether oxygens (including phenoxy) is 1. The number of anilines is 1. The second-order valence-electron chi connectivity index (χ2n) is 3.91. The summed E-state index contributed by atoms with van der Waals surface area (Å²) >= 11 is 3.20. The van der Waals surface area contributed by atoms with E-state index >= 15 is 0 Å². The first-order valence-corrected chi connectivity index (χ1v) is 6.53. The zero-order chi connectivity index (χ0) is 14.7. The Morgan fingerprint density at radius 1 is 1.35 bits per heavy atom. The molecule has 0 atom stereocenters.